The molecular weight excluding hydrogens is 349 g/mol. The third-order valence-corrected chi connectivity index (χ3v) is 5.91. The number of carbonyl (C=O) groups excluding carboxylic acids is 1. The number of rotatable bonds is 2. The number of piperazine rings is 1. The third kappa shape index (κ3) is 3.42. The van der Waals surface area contributed by atoms with Gasteiger partial charge in [0.1, 0.15) is 5.82 Å². The Labute approximate surface area is 151 Å². The minimum absolute atomic E-state index is 0. The zero-order valence-corrected chi connectivity index (χ0v) is 15.0. The van der Waals surface area contributed by atoms with Crippen LogP contribution in [-0.4, -0.2) is 61.0 Å². The Morgan fingerprint density at radius 2 is 2.00 bits per heavy atom. The molecule has 2 aliphatic rings. The normalized spacial score (nSPS) is 21.9. The molecule has 2 aliphatic heterocycles. The average molecular weight is 370 g/mol. The fourth-order valence-corrected chi connectivity index (χ4v) is 4.56. The van der Waals surface area contributed by atoms with Crippen LogP contribution in [0.3, 0.4) is 0 Å². The molecule has 0 radical (unpaired) electrons. The second-order valence-electron chi connectivity index (χ2n) is 6.27. The zero-order valence-electron chi connectivity index (χ0n) is 13.3. The number of benzene rings is 1. The van der Waals surface area contributed by atoms with Crippen LogP contribution in [0.15, 0.2) is 24.3 Å². The Balaban J connectivity index is 0.00000169. The predicted octanol–water partition coefficient (Wildman–Crippen LogP) is 2.58. The van der Waals surface area contributed by atoms with Crippen molar-refractivity contribution in [1.29, 1.82) is 0 Å². The summed E-state index contributed by atoms with van der Waals surface area (Å²) in [5.74, 6) is -0.168. The van der Waals surface area contributed by atoms with Crippen molar-refractivity contribution in [3.05, 3.63) is 35.0 Å². The standard InChI is InChI=1S/C17H20FN3OS.ClH/c18-13-1-2-15-12(9-13)10-16(23-15)17(22)21-6-3-14(11-21)20-7-4-19-5-8-20;/h1-2,9-10,14,19H,3-8,11H2;1H. The van der Waals surface area contributed by atoms with Crippen molar-refractivity contribution in [2.75, 3.05) is 39.3 Å². The van der Waals surface area contributed by atoms with Crippen molar-refractivity contribution in [2.24, 2.45) is 0 Å². The van der Waals surface area contributed by atoms with Crippen molar-refractivity contribution in [1.82, 2.24) is 15.1 Å². The summed E-state index contributed by atoms with van der Waals surface area (Å²) in [7, 11) is 0. The maximum Gasteiger partial charge on any atom is 0.264 e. The lowest BCUT2D eigenvalue weighted by Crippen LogP contribution is -2.49. The van der Waals surface area contributed by atoms with E-state index in [4.69, 9.17) is 0 Å². The van der Waals surface area contributed by atoms with Crippen molar-refractivity contribution in [2.45, 2.75) is 12.5 Å². The van der Waals surface area contributed by atoms with Crippen molar-refractivity contribution in [3.8, 4) is 0 Å². The second-order valence-corrected chi connectivity index (χ2v) is 7.36. The molecule has 1 aromatic carbocycles. The lowest BCUT2D eigenvalue weighted by molar-refractivity contribution is 0.0778. The van der Waals surface area contributed by atoms with E-state index >= 15 is 0 Å². The highest BCUT2D eigenvalue weighted by Gasteiger charge is 2.31. The van der Waals surface area contributed by atoms with Gasteiger partial charge in [0, 0.05) is 50.0 Å². The van der Waals surface area contributed by atoms with Gasteiger partial charge in [0.15, 0.2) is 0 Å². The molecular formula is C17H21ClFN3OS. The smallest absolute Gasteiger partial charge is 0.264 e. The van der Waals surface area contributed by atoms with E-state index < -0.39 is 0 Å². The number of halogens is 2. The molecule has 1 unspecified atom stereocenters. The number of nitrogens with zero attached hydrogens (tertiary/aromatic N) is 2. The van der Waals surface area contributed by atoms with Crippen LogP contribution in [0.4, 0.5) is 4.39 Å². The molecule has 0 bridgehead atoms. The van der Waals surface area contributed by atoms with Gasteiger partial charge in [-0.2, -0.15) is 0 Å². The first kappa shape index (κ1) is 17.6. The van der Waals surface area contributed by atoms with Crippen LogP contribution in [0, 0.1) is 5.82 Å². The molecule has 2 aromatic rings. The quantitative estimate of drug-likeness (QED) is 0.883. The van der Waals surface area contributed by atoms with Crippen LogP contribution < -0.4 is 5.32 Å². The number of likely N-dealkylation sites (tertiary alicyclic amines) is 1. The Morgan fingerprint density at radius 3 is 2.79 bits per heavy atom. The molecule has 1 N–H and O–H groups in total. The van der Waals surface area contributed by atoms with Gasteiger partial charge in [-0.05, 0) is 36.1 Å². The number of nitrogens with one attached hydrogen (secondary N) is 1. The summed E-state index contributed by atoms with van der Waals surface area (Å²) >= 11 is 1.46. The Morgan fingerprint density at radius 1 is 1.21 bits per heavy atom. The van der Waals surface area contributed by atoms with Gasteiger partial charge in [-0.3, -0.25) is 9.69 Å². The molecule has 1 amide bonds. The van der Waals surface area contributed by atoms with E-state index in [9.17, 15) is 9.18 Å². The first-order valence-corrected chi connectivity index (χ1v) is 8.95. The molecule has 0 aliphatic carbocycles. The summed E-state index contributed by atoms with van der Waals surface area (Å²) in [6, 6.07) is 7.00. The second kappa shape index (κ2) is 7.35. The third-order valence-electron chi connectivity index (χ3n) is 4.81. The number of thiophene rings is 1. The van der Waals surface area contributed by atoms with Gasteiger partial charge in [0.2, 0.25) is 0 Å². The lowest BCUT2D eigenvalue weighted by Gasteiger charge is -2.32. The van der Waals surface area contributed by atoms with Crippen molar-refractivity contribution in [3.63, 3.8) is 0 Å². The SMILES string of the molecule is Cl.O=C(c1cc2cc(F)ccc2s1)N1CCC(N2CCNCC2)C1. The van der Waals surface area contributed by atoms with E-state index in [1.54, 1.807) is 6.07 Å². The molecule has 4 rings (SSSR count). The van der Waals surface area contributed by atoms with Crippen LogP contribution in [0.5, 0.6) is 0 Å². The molecule has 7 heteroatoms. The van der Waals surface area contributed by atoms with E-state index in [0.29, 0.717) is 10.9 Å². The summed E-state index contributed by atoms with van der Waals surface area (Å²) in [6.07, 6.45) is 1.05. The van der Waals surface area contributed by atoms with E-state index in [0.717, 1.165) is 55.8 Å². The summed E-state index contributed by atoms with van der Waals surface area (Å²) in [4.78, 5) is 17.9. The molecule has 2 saturated heterocycles. The van der Waals surface area contributed by atoms with Gasteiger partial charge in [-0.25, -0.2) is 4.39 Å². The number of amides is 1. The summed E-state index contributed by atoms with van der Waals surface area (Å²) < 4.78 is 14.3. The molecule has 0 spiro atoms. The van der Waals surface area contributed by atoms with Crippen LogP contribution >= 0.6 is 23.7 Å². The predicted molar refractivity (Wildman–Crippen MR) is 97.8 cm³/mol. The molecule has 3 heterocycles. The molecule has 24 heavy (non-hydrogen) atoms. The van der Waals surface area contributed by atoms with E-state index in [1.807, 2.05) is 11.0 Å². The van der Waals surface area contributed by atoms with Gasteiger partial charge in [-0.15, -0.1) is 23.7 Å². The van der Waals surface area contributed by atoms with E-state index in [1.165, 1.54) is 23.5 Å². The Hall–Kier alpha value is -1.21. The molecule has 1 aromatic heterocycles. The van der Waals surface area contributed by atoms with Gasteiger partial charge in [0.05, 0.1) is 4.88 Å². The first-order chi connectivity index (χ1) is 11.2. The van der Waals surface area contributed by atoms with Crippen LogP contribution in [-0.2, 0) is 0 Å². The highest BCUT2D eigenvalue weighted by Crippen LogP contribution is 2.28. The lowest BCUT2D eigenvalue weighted by atomic mass is 10.2. The molecule has 4 nitrogen and oxygen atoms in total. The maximum atomic E-state index is 13.3. The molecule has 130 valence electrons. The number of fused-ring (bicyclic) bond motifs is 1. The fraction of sp³-hybridized carbons (Fsp3) is 0.471. The largest absolute Gasteiger partial charge is 0.336 e. The van der Waals surface area contributed by atoms with Crippen LogP contribution in [0.1, 0.15) is 16.1 Å². The first-order valence-electron chi connectivity index (χ1n) is 8.14. The zero-order chi connectivity index (χ0) is 15.8. The summed E-state index contributed by atoms with van der Waals surface area (Å²) in [5.41, 5.74) is 0. The summed E-state index contributed by atoms with van der Waals surface area (Å²) in [6.45, 7) is 5.82. The van der Waals surface area contributed by atoms with Gasteiger partial charge in [-0.1, -0.05) is 0 Å². The van der Waals surface area contributed by atoms with Crippen LogP contribution in [0.2, 0.25) is 0 Å². The van der Waals surface area contributed by atoms with Gasteiger partial charge in [0.25, 0.3) is 5.91 Å². The monoisotopic (exact) mass is 369 g/mol. The van der Waals surface area contributed by atoms with Crippen LogP contribution in [0.25, 0.3) is 10.1 Å². The highest BCUT2D eigenvalue weighted by molar-refractivity contribution is 7.20. The van der Waals surface area contributed by atoms with E-state index in [2.05, 4.69) is 10.2 Å². The van der Waals surface area contributed by atoms with Crippen molar-refractivity contribution < 1.29 is 9.18 Å². The number of hydrogen-bond donors (Lipinski definition) is 1. The molecule has 1 atom stereocenters. The Kier molecular flexibility index (Phi) is 5.39. The van der Waals surface area contributed by atoms with Gasteiger partial charge >= 0.3 is 0 Å². The maximum absolute atomic E-state index is 13.3. The minimum atomic E-state index is -0.255. The topological polar surface area (TPSA) is 35.6 Å². The fourth-order valence-electron chi connectivity index (χ4n) is 3.55. The summed E-state index contributed by atoms with van der Waals surface area (Å²) in [5, 5.41) is 4.18. The molecule has 2 fully saturated rings. The Bertz CT molecular complexity index is 732. The molecule has 0 saturated carbocycles. The number of carbonyl (C=O) groups is 1. The minimum Gasteiger partial charge on any atom is -0.336 e. The average Bonchev–Trinajstić information content (AvgIpc) is 3.21. The van der Waals surface area contributed by atoms with E-state index in [-0.39, 0.29) is 24.1 Å². The highest BCUT2D eigenvalue weighted by atomic mass is 35.5. The van der Waals surface area contributed by atoms with Crippen molar-refractivity contribution >= 4 is 39.7 Å². The number of hydrogen-bond acceptors (Lipinski definition) is 4. The van der Waals surface area contributed by atoms with Gasteiger partial charge < -0.3 is 10.2 Å².